The van der Waals surface area contributed by atoms with Crippen LogP contribution in [-0.2, 0) is 5.41 Å². The molecular formula is C65H42BN3O3. The minimum Gasteiger partial charge on any atom is -0.458 e. The van der Waals surface area contributed by atoms with E-state index in [0.29, 0.717) is 0 Å². The predicted octanol–water partition coefficient (Wildman–Crippen LogP) is 15.3. The second-order valence-electron chi connectivity index (χ2n) is 21.3. The molecule has 0 amide bonds. The number of aryl methyl sites for hydroxylation is 1. The zero-order valence-corrected chi connectivity index (χ0v) is 40.0. The normalized spacial score (nSPS) is 13.4. The molecule has 5 aromatic heterocycles. The van der Waals surface area contributed by atoms with Crippen LogP contribution in [0, 0.1) is 6.92 Å². The fourth-order valence-corrected chi connectivity index (χ4v) is 13.1. The molecule has 15 aromatic rings. The fourth-order valence-electron chi connectivity index (χ4n) is 13.1. The van der Waals surface area contributed by atoms with Gasteiger partial charge in [-0.25, -0.2) is 0 Å². The van der Waals surface area contributed by atoms with E-state index in [0.717, 1.165) is 99.8 Å². The Balaban J connectivity index is 1.00. The molecule has 0 fully saturated rings. The highest BCUT2D eigenvalue weighted by Crippen LogP contribution is 2.48. The molecule has 0 saturated heterocycles. The molecule has 0 aliphatic carbocycles. The van der Waals surface area contributed by atoms with Crippen LogP contribution in [0.4, 0.5) is 0 Å². The molecule has 0 unspecified atom stereocenters. The van der Waals surface area contributed by atoms with Crippen LogP contribution < -0.4 is 21.1 Å². The van der Waals surface area contributed by atoms with Gasteiger partial charge < -0.3 is 27.3 Å². The smallest absolute Gasteiger partial charge is 0.256 e. The van der Waals surface area contributed by atoms with E-state index >= 15 is 0 Å². The first-order valence-electron chi connectivity index (χ1n) is 25.0. The Kier molecular flexibility index (Phi) is 7.16. The Morgan fingerprint density at radius 2 is 0.972 bits per heavy atom. The van der Waals surface area contributed by atoms with Crippen LogP contribution in [0.25, 0.3) is 126 Å². The molecule has 6 nitrogen and oxygen atoms in total. The molecule has 10 aromatic carbocycles. The van der Waals surface area contributed by atoms with E-state index in [1.807, 2.05) is 0 Å². The van der Waals surface area contributed by atoms with Gasteiger partial charge >= 0.3 is 0 Å². The van der Waals surface area contributed by atoms with E-state index in [1.165, 1.54) is 65.6 Å². The third-order valence-electron chi connectivity index (χ3n) is 16.3. The summed E-state index contributed by atoms with van der Waals surface area (Å²) >= 11 is 0. The maximum absolute atomic E-state index is 7.28. The highest BCUT2D eigenvalue weighted by atomic mass is 16.5. The second kappa shape index (κ2) is 13.3. The number of para-hydroxylation sites is 4. The standard InChI is InChI=1S/C65H42BN3O3/c1-35-29-54-61-58(30-35)70-57-31-36(65(2,3)4)21-25-47(57)66(61)48-34-46-45-33-38(68-51-19-11-7-15-41(51)42-16-8-12-20-52(42)68)23-28-56(45)72-64(46)60-59-53(69(54)62(48)60)26-24-43-44-32-37(22-27-55(44)71-63(43)59)67-49-17-9-5-13-39(49)40-14-6-10-18-50(40)67/h5-34H,1-4H3. The lowest BCUT2D eigenvalue weighted by Crippen LogP contribution is -2.58. The second-order valence-corrected chi connectivity index (χ2v) is 21.3. The molecule has 2 aliphatic heterocycles. The molecule has 0 atom stereocenters. The van der Waals surface area contributed by atoms with Crippen molar-refractivity contribution in [2.24, 2.45) is 0 Å². The lowest BCUT2D eigenvalue weighted by atomic mass is 9.34. The van der Waals surface area contributed by atoms with Crippen LogP contribution in [0.3, 0.4) is 0 Å². The maximum Gasteiger partial charge on any atom is 0.256 e. The van der Waals surface area contributed by atoms with Gasteiger partial charge in [-0.15, -0.1) is 0 Å². The van der Waals surface area contributed by atoms with Gasteiger partial charge in [0.05, 0.1) is 43.9 Å². The topological polar surface area (TPSA) is 50.3 Å². The van der Waals surface area contributed by atoms with Crippen molar-refractivity contribution in [1.82, 2.24) is 13.7 Å². The molecule has 0 spiro atoms. The Hall–Kier alpha value is -8.94. The SMILES string of the molecule is Cc1cc2c3c(c1)-n1c4ccc5c6cc(-n7c8ccccc8c8ccccc87)ccc6oc5c4c4c5oc6ccc(-n7c8ccccc8c8ccccc87)cc6c5cc(c41)B3c1ccc(C(C)(C)C)cc1O2. The summed E-state index contributed by atoms with van der Waals surface area (Å²) in [6, 6.07) is 66.7. The Morgan fingerprint density at radius 1 is 0.417 bits per heavy atom. The first-order chi connectivity index (χ1) is 35.2. The summed E-state index contributed by atoms with van der Waals surface area (Å²) in [5, 5.41) is 11.3. The quantitative estimate of drug-likeness (QED) is 0.162. The van der Waals surface area contributed by atoms with Crippen molar-refractivity contribution < 1.29 is 13.6 Å². The van der Waals surface area contributed by atoms with Crippen LogP contribution >= 0.6 is 0 Å². The number of rotatable bonds is 2. The number of hydrogen-bond acceptors (Lipinski definition) is 3. The van der Waals surface area contributed by atoms with Gasteiger partial charge in [-0.2, -0.15) is 0 Å². The van der Waals surface area contributed by atoms with E-state index in [4.69, 9.17) is 13.6 Å². The molecule has 7 heterocycles. The largest absolute Gasteiger partial charge is 0.458 e. The summed E-state index contributed by atoms with van der Waals surface area (Å²) in [5.41, 5.74) is 19.5. The lowest BCUT2D eigenvalue weighted by molar-refractivity contribution is 0.482. The molecule has 17 rings (SSSR count). The number of aromatic nitrogens is 3. The first-order valence-corrected chi connectivity index (χ1v) is 25.0. The van der Waals surface area contributed by atoms with Gasteiger partial charge in [-0.3, -0.25) is 0 Å². The van der Waals surface area contributed by atoms with Gasteiger partial charge in [0.15, 0.2) is 0 Å². The fraction of sp³-hybridized carbons (Fsp3) is 0.0769. The molecular weight excluding hydrogens is 882 g/mol. The molecule has 7 heteroatoms. The Bertz CT molecular complexity index is 4860. The van der Waals surface area contributed by atoms with Crippen LogP contribution in [0.2, 0.25) is 0 Å². The molecule has 0 radical (unpaired) electrons. The van der Waals surface area contributed by atoms with E-state index in [1.54, 1.807) is 0 Å². The average Bonchev–Trinajstić information content (AvgIpc) is 4.21. The van der Waals surface area contributed by atoms with Crippen molar-refractivity contribution in [3.63, 3.8) is 0 Å². The number of ether oxygens (including phenoxy) is 1. The minimum absolute atomic E-state index is 0.0481. The minimum atomic E-state index is -0.0949. The first kappa shape index (κ1) is 38.9. The van der Waals surface area contributed by atoms with Crippen molar-refractivity contribution >= 4 is 132 Å². The van der Waals surface area contributed by atoms with E-state index in [2.05, 4.69) is 223 Å². The third kappa shape index (κ3) is 4.85. The summed E-state index contributed by atoms with van der Waals surface area (Å²) < 4.78 is 28.8. The number of benzene rings is 10. The van der Waals surface area contributed by atoms with Crippen LogP contribution in [0.1, 0.15) is 31.9 Å². The van der Waals surface area contributed by atoms with Crippen LogP contribution in [0.15, 0.2) is 191 Å². The maximum atomic E-state index is 7.28. The van der Waals surface area contributed by atoms with Crippen LogP contribution in [0.5, 0.6) is 11.5 Å². The zero-order chi connectivity index (χ0) is 47.5. The zero-order valence-electron chi connectivity index (χ0n) is 40.0. The number of nitrogens with zero attached hydrogens (tertiary/aromatic N) is 3. The molecule has 0 bridgehead atoms. The van der Waals surface area contributed by atoms with E-state index in [9.17, 15) is 0 Å². The van der Waals surface area contributed by atoms with Crippen molar-refractivity contribution in [2.45, 2.75) is 33.1 Å². The molecule has 2 aliphatic rings. The molecule has 72 heavy (non-hydrogen) atoms. The van der Waals surface area contributed by atoms with Gasteiger partial charge in [0.2, 0.25) is 0 Å². The number of furan rings is 2. The van der Waals surface area contributed by atoms with Crippen molar-refractivity contribution in [3.8, 4) is 28.6 Å². The molecule has 0 saturated carbocycles. The molecule has 0 N–H and O–H groups in total. The Morgan fingerprint density at radius 3 is 1.56 bits per heavy atom. The summed E-state index contributed by atoms with van der Waals surface area (Å²) in [5.74, 6) is 1.82. The predicted molar refractivity (Wildman–Crippen MR) is 299 cm³/mol. The van der Waals surface area contributed by atoms with Gasteiger partial charge in [-0.05, 0) is 131 Å². The van der Waals surface area contributed by atoms with Gasteiger partial charge in [-0.1, -0.05) is 112 Å². The summed E-state index contributed by atoms with van der Waals surface area (Å²) in [7, 11) is 0. The van der Waals surface area contributed by atoms with Gasteiger partial charge in [0.1, 0.15) is 33.8 Å². The summed E-state index contributed by atoms with van der Waals surface area (Å²) in [6.07, 6.45) is 0. The van der Waals surface area contributed by atoms with Crippen molar-refractivity contribution in [3.05, 3.63) is 193 Å². The summed E-state index contributed by atoms with van der Waals surface area (Å²) in [6.45, 7) is 8.89. The average molecular weight is 924 g/mol. The number of fused-ring (bicyclic) bond motifs is 21. The van der Waals surface area contributed by atoms with E-state index in [-0.39, 0.29) is 12.1 Å². The van der Waals surface area contributed by atoms with Crippen molar-refractivity contribution in [1.29, 1.82) is 0 Å². The van der Waals surface area contributed by atoms with E-state index < -0.39 is 0 Å². The Labute approximate surface area is 412 Å². The van der Waals surface area contributed by atoms with Gasteiger partial charge in [0.25, 0.3) is 6.71 Å². The highest BCUT2D eigenvalue weighted by Gasteiger charge is 2.42. The van der Waals surface area contributed by atoms with Crippen LogP contribution in [-0.4, -0.2) is 20.4 Å². The molecule has 338 valence electrons. The monoisotopic (exact) mass is 923 g/mol. The number of hydrogen-bond donors (Lipinski definition) is 0. The lowest BCUT2D eigenvalue weighted by Gasteiger charge is -2.34. The van der Waals surface area contributed by atoms with Crippen molar-refractivity contribution in [2.75, 3.05) is 0 Å². The van der Waals surface area contributed by atoms with Gasteiger partial charge in [0, 0.05) is 60.2 Å². The summed E-state index contributed by atoms with van der Waals surface area (Å²) in [4.78, 5) is 0. The third-order valence-corrected chi connectivity index (χ3v) is 16.3. The highest BCUT2D eigenvalue weighted by molar-refractivity contribution is 6.99.